The van der Waals surface area contributed by atoms with Crippen molar-refractivity contribution in [1.29, 1.82) is 0 Å². The van der Waals surface area contributed by atoms with Gasteiger partial charge in [-0.1, -0.05) is 43.0 Å². The van der Waals surface area contributed by atoms with E-state index in [9.17, 15) is 13.2 Å². The van der Waals surface area contributed by atoms with E-state index in [1.54, 1.807) is 0 Å². The molecule has 1 N–H and O–H groups in total. The van der Waals surface area contributed by atoms with E-state index in [2.05, 4.69) is 17.4 Å². The minimum Gasteiger partial charge on any atom is -0.322 e. The van der Waals surface area contributed by atoms with Crippen LogP contribution in [0.5, 0.6) is 0 Å². The average molecular weight is 392 g/mol. The molecule has 0 bridgehead atoms. The molecule has 0 aromatic heterocycles. The molecule has 1 aliphatic carbocycles. The average Bonchev–Trinajstić information content (AvgIpc) is 2.62. The lowest BCUT2D eigenvalue weighted by Crippen LogP contribution is -2.13. The van der Waals surface area contributed by atoms with Crippen LogP contribution in [0.2, 0.25) is 5.02 Å². The predicted octanol–water partition coefficient (Wildman–Crippen LogP) is 5.04. The molecule has 6 heteroatoms. The molecule has 0 heterocycles. The third-order valence-corrected chi connectivity index (χ3v) is 6.42. The molecule has 26 heavy (non-hydrogen) atoms. The SMILES string of the molecule is CS(=O)(=O)c1cc(C(=O)Nc2ccc(C3CCCCC3)cc2)ccc1Cl. The topological polar surface area (TPSA) is 63.2 Å². The minimum absolute atomic E-state index is 0.0422. The number of amides is 1. The Morgan fingerprint density at radius 1 is 1.04 bits per heavy atom. The lowest BCUT2D eigenvalue weighted by atomic mass is 9.84. The van der Waals surface area contributed by atoms with Crippen LogP contribution in [0.15, 0.2) is 47.4 Å². The molecule has 2 aromatic carbocycles. The first-order valence-corrected chi connectivity index (χ1v) is 11.0. The smallest absolute Gasteiger partial charge is 0.255 e. The van der Waals surface area contributed by atoms with Crippen molar-refractivity contribution in [3.8, 4) is 0 Å². The van der Waals surface area contributed by atoms with Crippen molar-refractivity contribution >= 4 is 33.0 Å². The van der Waals surface area contributed by atoms with Gasteiger partial charge in [0.1, 0.15) is 0 Å². The highest BCUT2D eigenvalue weighted by atomic mass is 35.5. The van der Waals surface area contributed by atoms with Gasteiger partial charge in [0.2, 0.25) is 0 Å². The summed E-state index contributed by atoms with van der Waals surface area (Å²) in [5.41, 5.74) is 2.25. The number of benzene rings is 2. The first kappa shape index (κ1) is 18.9. The van der Waals surface area contributed by atoms with Gasteiger partial charge < -0.3 is 5.32 Å². The van der Waals surface area contributed by atoms with Crippen molar-refractivity contribution in [2.45, 2.75) is 42.9 Å². The summed E-state index contributed by atoms with van der Waals surface area (Å²) in [5.74, 6) is 0.249. The summed E-state index contributed by atoms with van der Waals surface area (Å²) in [6.45, 7) is 0. The van der Waals surface area contributed by atoms with Gasteiger partial charge in [-0.15, -0.1) is 0 Å². The zero-order chi connectivity index (χ0) is 18.7. The van der Waals surface area contributed by atoms with Crippen LogP contribution < -0.4 is 5.32 Å². The standard InChI is InChI=1S/C20H22ClNO3S/c1-26(24,25)19-13-16(9-12-18(19)21)20(23)22-17-10-7-15(8-11-17)14-5-3-2-4-6-14/h7-14H,2-6H2,1H3,(H,22,23). The number of nitrogens with one attached hydrogen (secondary N) is 1. The number of anilines is 1. The third-order valence-electron chi connectivity index (χ3n) is 4.84. The normalized spacial score (nSPS) is 15.6. The van der Waals surface area contributed by atoms with Crippen LogP contribution in [0.1, 0.15) is 53.9 Å². The van der Waals surface area contributed by atoms with Gasteiger partial charge in [-0.2, -0.15) is 0 Å². The Kier molecular flexibility index (Phi) is 5.68. The summed E-state index contributed by atoms with van der Waals surface area (Å²) >= 11 is 5.93. The van der Waals surface area contributed by atoms with Gasteiger partial charge in [0.15, 0.2) is 9.84 Å². The van der Waals surface area contributed by atoms with Crippen molar-refractivity contribution < 1.29 is 13.2 Å². The van der Waals surface area contributed by atoms with Gasteiger partial charge in [-0.05, 0) is 54.7 Å². The number of halogens is 1. The van der Waals surface area contributed by atoms with E-state index in [-0.39, 0.29) is 21.4 Å². The van der Waals surface area contributed by atoms with E-state index in [1.165, 1.54) is 55.9 Å². The summed E-state index contributed by atoms with van der Waals surface area (Å²) < 4.78 is 23.5. The maximum atomic E-state index is 12.4. The van der Waals surface area contributed by atoms with Crippen LogP contribution in [-0.2, 0) is 9.84 Å². The summed E-state index contributed by atoms with van der Waals surface area (Å²) in [5, 5.41) is 2.92. The third kappa shape index (κ3) is 4.46. The van der Waals surface area contributed by atoms with E-state index in [1.807, 2.05) is 12.1 Å². The second-order valence-electron chi connectivity index (χ2n) is 6.83. The number of carbonyl (C=O) groups is 1. The molecule has 1 amide bonds. The summed E-state index contributed by atoms with van der Waals surface area (Å²) in [6, 6.07) is 12.2. The van der Waals surface area contributed by atoms with Crippen LogP contribution in [0, 0.1) is 0 Å². The lowest BCUT2D eigenvalue weighted by molar-refractivity contribution is 0.102. The number of hydrogen-bond donors (Lipinski definition) is 1. The second kappa shape index (κ2) is 7.80. The largest absolute Gasteiger partial charge is 0.322 e. The quantitative estimate of drug-likeness (QED) is 0.793. The Morgan fingerprint density at radius 3 is 2.31 bits per heavy atom. The number of rotatable bonds is 4. The van der Waals surface area contributed by atoms with Gasteiger partial charge >= 0.3 is 0 Å². The molecule has 1 saturated carbocycles. The first-order chi connectivity index (χ1) is 12.3. The molecular formula is C20H22ClNO3S. The highest BCUT2D eigenvalue weighted by Crippen LogP contribution is 2.33. The van der Waals surface area contributed by atoms with Gasteiger partial charge in [0, 0.05) is 17.5 Å². The Balaban J connectivity index is 1.74. The van der Waals surface area contributed by atoms with Crippen LogP contribution in [-0.4, -0.2) is 20.6 Å². The van der Waals surface area contributed by atoms with E-state index < -0.39 is 9.84 Å². The lowest BCUT2D eigenvalue weighted by Gasteiger charge is -2.22. The van der Waals surface area contributed by atoms with Crippen molar-refractivity contribution in [3.05, 3.63) is 58.6 Å². The van der Waals surface area contributed by atoms with Gasteiger partial charge in [0.25, 0.3) is 5.91 Å². The Labute approximate surface area is 159 Å². The van der Waals surface area contributed by atoms with Crippen LogP contribution in [0.3, 0.4) is 0 Å². The van der Waals surface area contributed by atoms with E-state index in [0.29, 0.717) is 11.6 Å². The molecule has 4 nitrogen and oxygen atoms in total. The number of carbonyl (C=O) groups excluding carboxylic acids is 1. The zero-order valence-corrected chi connectivity index (χ0v) is 16.2. The maximum Gasteiger partial charge on any atom is 0.255 e. The second-order valence-corrected chi connectivity index (χ2v) is 9.22. The molecule has 1 aliphatic rings. The van der Waals surface area contributed by atoms with Gasteiger partial charge in [0.05, 0.1) is 9.92 Å². The highest BCUT2D eigenvalue weighted by Gasteiger charge is 2.17. The summed E-state index contributed by atoms with van der Waals surface area (Å²) in [7, 11) is -3.49. The molecule has 0 unspecified atom stereocenters. The predicted molar refractivity (Wildman–Crippen MR) is 105 cm³/mol. The van der Waals surface area contributed by atoms with Crippen molar-refractivity contribution in [2.24, 2.45) is 0 Å². The molecule has 0 aliphatic heterocycles. The van der Waals surface area contributed by atoms with Gasteiger partial charge in [-0.25, -0.2) is 8.42 Å². The van der Waals surface area contributed by atoms with Crippen LogP contribution in [0.4, 0.5) is 5.69 Å². The fraction of sp³-hybridized carbons (Fsp3) is 0.350. The van der Waals surface area contributed by atoms with Crippen LogP contribution in [0.25, 0.3) is 0 Å². The maximum absolute atomic E-state index is 12.4. The van der Waals surface area contributed by atoms with E-state index >= 15 is 0 Å². The monoisotopic (exact) mass is 391 g/mol. The minimum atomic E-state index is -3.49. The fourth-order valence-electron chi connectivity index (χ4n) is 3.41. The molecule has 3 rings (SSSR count). The Hall–Kier alpha value is -1.85. The zero-order valence-electron chi connectivity index (χ0n) is 14.7. The Morgan fingerprint density at radius 2 is 1.69 bits per heavy atom. The van der Waals surface area contributed by atoms with Gasteiger partial charge in [-0.3, -0.25) is 4.79 Å². The first-order valence-electron chi connectivity index (χ1n) is 8.75. The van der Waals surface area contributed by atoms with Crippen molar-refractivity contribution in [1.82, 2.24) is 0 Å². The van der Waals surface area contributed by atoms with E-state index in [0.717, 1.165) is 6.26 Å². The molecule has 0 atom stereocenters. The molecule has 0 spiro atoms. The molecule has 0 saturated heterocycles. The number of hydrogen-bond acceptors (Lipinski definition) is 3. The fourth-order valence-corrected chi connectivity index (χ4v) is 4.71. The molecule has 138 valence electrons. The molecular weight excluding hydrogens is 370 g/mol. The van der Waals surface area contributed by atoms with E-state index in [4.69, 9.17) is 11.6 Å². The molecule has 0 radical (unpaired) electrons. The van der Waals surface area contributed by atoms with Crippen LogP contribution >= 0.6 is 11.6 Å². The van der Waals surface area contributed by atoms with Crippen molar-refractivity contribution in [2.75, 3.05) is 11.6 Å². The Bertz CT molecular complexity index is 901. The van der Waals surface area contributed by atoms with Crippen molar-refractivity contribution in [3.63, 3.8) is 0 Å². The summed E-state index contributed by atoms with van der Waals surface area (Å²) in [6.07, 6.45) is 7.40. The summed E-state index contributed by atoms with van der Waals surface area (Å²) in [4.78, 5) is 12.4. The highest BCUT2D eigenvalue weighted by molar-refractivity contribution is 7.90. The molecule has 1 fully saturated rings. The molecule has 2 aromatic rings. The number of sulfone groups is 1.